The summed E-state index contributed by atoms with van der Waals surface area (Å²) in [6, 6.07) is 5.30. The minimum Gasteiger partial charge on any atom is -0.415 e. The van der Waals surface area contributed by atoms with Crippen LogP contribution in [0.5, 0.6) is 0 Å². The monoisotopic (exact) mass is 499 g/mol. The number of carbonyl (C=O) groups is 1. The van der Waals surface area contributed by atoms with E-state index in [0.29, 0.717) is 47.1 Å². The van der Waals surface area contributed by atoms with Crippen molar-refractivity contribution in [1.29, 1.82) is 0 Å². The first-order valence-corrected chi connectivity index (χ1v) is 15.0. The molecule has 0 aromatic carbocycles. The maximum Gasteiger partial charge on any atom is 0.259 e. The van der Waals surface area contributed by atoms with Crippen LogP contribution >= 0.6 is 11.6 Å². The smallest absolute Gasteiger partial charge is 0.259 e. The van der Waals surface area contributed by atoms with Crippen molar-refractivity contribution in [2.24, 2.45) is 0 Å². The molecule has 0 fully saturated rings. The van der Waals surface area contributed by atoms with E-state index in [4.69, 9.17) is 16.0 Å². The van der Waals surface area contributed by atoms with Gasteiger partial charge in [-0.1, -0.05) is 39.3 Å². The SMILES string of the molecule is CCCC(=O)c1cc(C)c(-c2cc3cnc(Cl)cc3n(CCO[Si](C)(C)C(C)(C)C)c2=O)cn1. The van der Waals surface area contributed by atoms with Gasteiger partial charge >= 0.3 is 0 Å². The molecule has 8 heteroatoms. The molecule has 3 aromatic heterocycles. The molecule has 6 nitrogen and oxygen atoms in total. The third-order valence-electron chi connectivity index (χ3n) is 6.69. The Balaban J connectivity index is 2.06. The Hall–Kier alpha value is -2.35. The third-order valence-corrected chi connectivity index (χ3v) is 11.4. The van der Waals surface area contributed by atoms with E-state index in [9.17, 15) is 9.59 Å². The number of rotatable bonds is 8. The van der Waals surface area contributed by atoms with E-state index in [1.807, 2.05) is 19.9 Å². The first kappa shape index (κ1) is 26.3. The first-order valence-electron chi connectivity index (χ1n) is 11.7. The van der Waals surface area contributed by atoms with E-state index in [-0.39, 0.29) is 16.4 Å². The highest BCUT2D eigenvalue weighted by atomic mass is 35.5. The minimum absolute atomic E-state index is 0.00897. The molecule has 0 aliphatic rings. The van der Waals surface area contributed by atoms with Crippen molar-refractivity contribution in [3.8, 4) is 11.1 Å². The molecule has 3 aromatic rings. The molecule has 0 bridgehead atoms. The number of carbonyl (C=O) groups excluding carboxylic acids is 1. The Kier molecular flexibility index (Phi) is 7.80. The van der Waals surface area contributed by atoms with Gasteiger partial charge in [-0.05, 0) is 55.2 Å². The molecule has 3 rings (SSSR count). The molecule has 0 amide bonds. The van der Waals surface area contributed by atoms with Gasteiger partial charge in [0.15, 0.2) is 14.1 Å². The molecule has 0 N–H and O–H groups in total. The number of Topliss-reactive ketones (excluding diaryl/α,β-unsaturated/α-hetero) is 1. The van der Waals surface area contributed by atoms with Gasteiger partial charge in [-0.2, -0.15) is 0 Å². The van der Waals surface area contributed by atoms with Crippen LogP contribution in [0.3, 0.4) is 0 Å². The van der Waals surface area contributed by atoms with Crippen LogP contribution in [0, 0.1) is 6.92 Å². The van der Waals surface area contributed by atoms with Crippen LogP contribution in [-0.2, 0) is 11.0 Å². The van der Waals surface area contributed by atoms with Crippen molar-refractivity contribution < 1.29 is 9.22 Å². The number of halogens is 1. The van der Waals surface area contributed by atoms with Crippen molar-refractivity contribution in [1.82, 2.24) is 14.5 Å². The summed E-state index contributed by atoms with van der Waals surface area (Å²) in [5, 5.41) is 1.21. The number of hydrogen-bond acceptors (Lipinski definition) is 5. The normalized spacial score (nSPS) is 12.4. The first-order chi connectivity index (χ1) is 15.9. The fraction of sp³-hybridized carbons (Fsp3) is 0.462. The van der Waals surface area contributed by atoms with Gasteiger partial charge in [0.2, 0.25) is 0 Å². The molecule has 0 atom stereocenters. The highest BCUT2D eigenvalue weighted by molar-refractivity contribution is 6.74. The van der Waals surface area contributed by atoms with Crippen LogP contribution in [0.25, 0.3) is 22.0 Å². The van der Waals surface area contributed by atoms with E-state index in [2.05, 4.69) is 43.8 Å². The van der Waals surface area contributed by atoms with Gasteiger partial charge in [0.25, 0.3) is 5.56 Å². The molecule has 0 spiro atoms. The maximum absolute atomic E-state index is 13.7. The van der Waals surface area contributed by atoms with Crippen molar-refractivity contribution in [2.75, 3.05) is 6.61 Å². The lowest BCUT2D eigenvalue weighted by Gasteiger charge is -2.36. The molecular formula is C26H34ClN3O3Si. The second-order valence-corrected chi connectivity index (χ2v) is 15.4. The Bertz CT molecular complexity index is 1280. The summed E-state index contributed by atoms with van der Waals surface area (Å²) in [6.45, 7) is 15.7. The summed E-state index contributed by atoms with van der Waals surface area (Å²) in [5.41, 5.74) is 3.05. The van der Waals surface area contributed by atoms with Gasteiger partial charge in [0.1, 0.15) is 10.8 Å². The predicted molar refractivity (Wildman–Crippen MR) is 141 cm³/mol. The number of pyridine rings is 3. The predicted octanol–water partition coefficient (Wildman–Crippen LogP) is 6.42. The standard InChI is InChI=1S/C26H34ClN3O3Si/c1-8-9-23(31)21-12-17(2)20(16-28-21)19-13-18-15-29-24(27)14-22(18)30(25(19)32)10-11-33-34(6,7)26(3,4)5/h12-16H,8-11H2,1-7H3. The number of aromatic nitrogens is 3. The summed E-state index contributed by atoms with van der Waals surface area (Å²) >= 11 is 6.17. The van der Waals surface area contributed by atoms with Crippen molar-refractivity contribution in [2.45, 2.75) is 72.1 Å². The van der Waals surface area contributed by atoms with Crippen LogP contribution in [0.4, 0.5) is 0 Å². The lowest BCUT2D eigenvalue weighted by molar-refractivity contribution is 0.0977. The lowest BCUT2D eigenvalue weighted by atomic mass is 10.0. The summed E-state index contributed by atoms with van der Waals surface area (Å²) in [6.07, 6.45) is 4.52. The Morgan fingerprint density at radius 1 is 1.12 bits per heavy atom. The highest BCUT2D eigenvalue weighted by Gasteiger charge is 2.37. The van der Waals surface area contributed by atoms with E-state index in [0.717, 1.165) is 17.4 Å². The zero-order valence-electron chi connectivity index (χ0n) is 21.2. The summed E-state index contributed by atoms with van der Waals surface area (Å²) in [7, 11) is -1.96. The van der Waals surface area contributed by atoms with Gasteiger partial charge in [-0.15, -0.1) is 0 Å². The molecule has 0 aliphatic carbocycles. The van der Waals surface area contributed by atoms with Crippen LogP contribution in [-0.4, -0.2) is 35.2 Å². The fourth-order valence-corrected chi connectivity index (χ4v) is 4.80. The number of fused-ring (bicyclic) bond motifs is 1. The average Bonchev–Trinajstić information content (AvgIpc) is 2.74. The molecular weight excluding hydrogens is 466 g/mol. The number of hydrogen-bond donors (Lipinski definition) is 0. The molecule has 34 heavy (non-hydrogen) atoms. The van der Waals surface area contributed by atoms with Crippen LogP contribution in [0.1, 0.15) is 56.6 Å². The largest absolute Gasteiger partial charge is 0.415 e. The van der Waals surface area contributed by atoms with Gasteiger partial charge in [0, 0.05) is 41.9 Å². The third kappa shape index (κ3) is 5.48. The van der Waals surface area contributed by atoms with Gasteiger partial charge in [-0.25, -0.2) is 4.98 Å². The highest BCUT2D eigenvalue weighted by Crippen LogP contribution is 2.36. The lowest BCUT2D eigenvalue weighted by Crippen LogP contribution is -2.41. The Morgan fingerprint density at radius 2 is 1.82 bits per heavy atom. The molecule has 3 heterocycles. The Morgan fingerprint density at radius 3 is 2.44 bits per heavy atom. The summed E-state index contributed by atoms with van der Waals surface area (Å²) in [5.74, 6) is 0.00897. The topological polar surface area (TPSA) is 74.1 Å². The number of aryl methyl sites for hydroxylation is 1. The second kappa shape index (κ2) is 10.1. The molecule has 0 saturated carbocycles. The van der Waals surface area contributed by atoms with E-state index in [1.54, 1.807) is 29.1 Å². The minimum atomic E-state index is -1.96. The zero-order valence-corrected chi connectivity index (χ0v) is 22.9. The fourth-order valence-electron chi connectivity index (χ4n) is 3.62. The molecule has 0 unspecified atom stereocenters. The van der Waals surface area contributed by atoms with E-state index in [1.165, 1.54) is 0 Å². The number of ketones is 1. The van der Waals surface area contributed by atoms with Gasteiger partial charge < -0.3 is 8.99 Å². The van der Waals surface area contributed by atoms with Crippen molar-refractivity contribution in [3.05, 3.63) is 57.4 Å². The number of nitrogens with zero attached hydrogens (tertiary/aromatic N) is 3. The van der Waals surface area contributed by atoms with E-state index < -0.39 is 8.32 Å². The van der Waals surface area contributed by atoms with Crippen LogP contribution < -0.4 is 5.56 Å². The van der Waals surface area contributed by atoms with Crippen molar-refractivity contribution >= 4 is 36.6 Å². The molecule has 0 radical (unpaired) electrons. The van der Waals surface area contributed by atoms with E-state index >= 15 is 0 Å². The Labute approximate surface area is 207 Å². The van der Waals surface area contributed by atoms with Crippen molar-refractivity contribution in [3.63, 3.8) is 0 Å². The second-order valence-electron chi connectivity index (χ2n) is 10.2. The molecule has 0 saturated heterocycles. The maximum atomic E-state index is 13.7. The zero-order chi connectivity index (χ0) is 25.3. The molecule has 0 aliphatic heterocycles. The molecule has 182 valence electrons. The van der Waals surface area contributed by atoms with Crippen LogP contribution in [0.15, 0.2) is 35.4 Å². The van der Waals surface area contributed by atoms with Gasteiger partial charge in [-0.3, -0.25) is 14.6 Å². The average molecular weight is 500 g/mol. The quantitative estimate of drug-likeness (QED) is 0.203. The van der Waals surface area contributed by atoms with Gasteiger partial charge in [0.05, 0.1) is 12.1 Å². The van der Waals surface area contributed by atoms with Crippen LogP contribution in [0.2, 0.25) is 23.3 Å². The summed E-state index contributed by atoms with van der Waals surface area (Å²) < 4.78 is 8.06. The summed E-state index contributed by atoms with van der Waals surface area (Å²) in [4.78, 5) is 34.5.